The van der Waals surface area contributed by atoms with Gasteiger partial charge in [-0.2, -0.15) is 5.10 Å². The van der Waals surface area contributed by atoms with Gasteiger partial charge in [0.1, 0.15) is 0 Å². The molecule has 0 aliphatic rings. The van der Waals surface area contributed by atoms with Crippen LogP contribution in [-0.4, -0.2) is 14.7 Å². The Kier molecular flexibility index (Phi) is 2.74. The van der Waals surface area contributed by atoms with E-state index in [0.29, 0.717) is 4.47 Å². The Morgan fingerprint density at radius 2 is 2.25 bits per heavy atom. The fourth-order valence-electron chi connectivity index (χ4n) is 1.41. The molecule has 0 N–H and O–H groups in total. The molecule has 0 amide bonds. The van der Waals surface area contributed by atoms with Crippen molar-refractivity contribution in [2.75, 3.05) is 0 Å². The van der Waals surface area contributed by atoms with Gasteiger partial charge in [-0.25, -0.2) is 0 Å². The van der Waals surface area contributed by atoms with E-state index in [-0.39, 0.29) is 5.69 Å². The molecule has 0 radical (unpaired) electrons. The molecule has 2 rings (SSSR count). The zero-order valence-corrected chi connectivity index (χ0v) is 10.0. The van der Waals surface area contributed by atoms with E-state index >= 15 is 0 Å². The largest absolute Gasteiger partial charge is 0.275 e. The molecule has 0 saturated heterocycles. The van der Waals surface area contributed by atoms with Crippen molar-refractivity contribution in [1.82, 2.24) is 9.78 Å². The molecule has 0 fully saturated rings. The van der Waals surface area contributed by atoms with E-state index in [1.807, 2.05) is 13.2 Å². The predicted octanol–water partition coefficient (Wildman–Crippen LogP) is 2.76. The molecule has 16 heavy (non-hydrogen) atoms. The summed E-state index contributed by atoms with van der Waals surface area (Å²) in [5.41, 5.74) is 1.88. The number of non-ortho nitro benzene ring substituents is 1. The van der Waals surface area contributed by atoms with E-state index < -0.39 is 4.92 Å². The third-order valence-corrected chi connectivity index (χ3v) is 2.84. The Morgan fingerprint density at radius 3 is 2.75 bits per heavy atom. The van der Waals surface area contributed by atoms with Crippen LogP contribution in [0, 0.1) is 10.1 Å². The van der Waals surface area contributed by atoms with Crippen LogP contribution in [0.15, 0.2) is 35.1 Å². The van der Waals surface area contributed by atoms with Crippen LogP contribution in [-0.2, 0) is 7.05 Å². The highest BCUT2D eigenvalue weighted by molar-refractivity contribution is 9.10. The summed E-state index contributed by atoms with van der Waals surface area (Å²) in [7, 11) is 1.82. The molecule has 2 aromatic rings. The lowest BCUT2D eigenvalue weighted by Crippen LogP contribution is -1.88. The highest BCUT2D eigenvalue weighted by Crippen LogP contribution is 2.30. The van der Waals surface area contributed by atoms with Gasteiger partial charge in [0.05, 0.1) is 11.1 Å². The van der Waals surface area contributed by atoms with Crippen LogP contribution in [0.5, 0.6) is 0 Å². The number of nitrogens with zero attached hydrogens (tertiary/aromatic N) is 3. The van der Waals surface area contributed by atoms with Gasteiger partial charge < -0.3 is 0 Å². The van der Waals surface area contributed by atoms with Crippen molar-refractivity contribution in [3.63, 3.8) is 0 Å². The highest BCUT2D eigenvalue weighted by atomic mass is 79.9. The van der Waals surface area contributed by atoms with Crippen molar-refractivity contribution in [1.29, 1.82) is 0 Å². The monoisotopic (exact) mass is 281 g/mol. The number of halogens is 1. The molecule has 6 heteroatoms. The summed E-state index contributed by atoms with van der Waals surface area (Å²) in [6.07, 6.45) is 3.57. The van der Waals surface area contributed by atoms with Crippen LogP contribution in [0.2, 0.25) is 0 Å². The van der Waals surface area contributed by atoms with Gasteiger partial charge in [-0.3, -0.25) is 14.8 Å². The third-order valence-electron chi connectivity index (χ3n) is 2.18. The number of rotatable bonds is 2. The summed E-state index contributed by atoms with van der Waals surface area (Å²) < 4.78 is 2.37. The molecule has 0 unspecified atom stereocenters. The lowest BCUT2D eigenvalue weighted by Gasteiger charge is -2.00. The van der Waals surface area contributed by atoms with E-state index in [2.05, 4.69) is 21.0 Å². The fourth-order valence-corrected chi connectivity index (χ4v) is 2.01. The van der Waals surface area contributed by atoms with Gasteiger partial charge in [0.2, 0.25) is 0 Å². The maximum absolute atomic E-state index is 10.6. The van der Waals surface area contributed by atoms with E-state index in [0.717, 1.165) is 11.1 Å². The summed E-state index contributed by atoms with van der Waals surface area (Å²) in [6.45, 7) is 0. The number of hydrogen-bond acceptors (Lipinski definition) is 3. The van der Waals surface area contributed by atoms with Crippen LogP contribution in [0.3, 0.4) is 0 Å². The molecule has 1 aromatic heterocycles. The zero-order valence-electron chi connectivity index (χ0n) is 8.42. The summed E-state index contributed by atoms with van der Waals surface area (Å²) in [4.78, 5) is 10.2. The first-order valence-electron chi connectivity index (χ1n) is 4.51. The van der Waals surface area contributed by atoms with E-state index in [4.69, 9.17) is 0 Å². The predicted molar refractivity (Wildman–Crippen MR) is 63.0 cm³/mol. The lowest BCUT2D eigenvalue weighted by molar-refractivity contribution is -0.384. The third kappa shape index (κ3) is 1.96. The quantitative estimate of drug-likeness (QED) is 0.628. The maximum atomic E-state index is 10.6. The number of aryl methyl sites for hydroxylation is 1. The van der Waals surface area contributed by atoms with Gasteiger partial charge in [0, 0.05) is 35.4 Å². The second-order valence-electron chi connectivity index (χ2n) is 3.32. The van der Waals surface area contributed by atoms with Crippen LogP contribution >= 0.6 is 15.9 Å². The standard InChI is InChI=1S/C10H8BrN3O2/c1-13-6-7(5-12-13)9-3-2-8(14(15)16)4-10(9)11/h2-6H,1H3. The molecule has 0 aliphatic carbocycles. The Bertz CT molecular complexity index is 551. The van der Waals surface area contributed by atoms with Crippen LogP contribution in [0.25, 0.3) is 11.1 Å². The Hall–Kier alpha value is -1.69. The first kappa shape index (κ1) is 10.8. The van der Waals surface area contributed by atoms with Crippen molar-refractivity contribution < 1.29 is 4.92 Å². The molecule has 1 aromatic carbocycles. The van der Waals surface area contributed by atoms with Gasteiger partial charge in [-0.15, -0.1) is 0 Å². The minimum absolute atomic E-state index is 0.0690. The molecule has 0 saturated carbocycles. The van der Waals surface area contributed by atoms with Crippen molar-refractivity contribution in [3.05, 3.63) is 45.2 Å². The second kappa shape index (κ2) is 4.05. The highest BCUT2D eigenvalue weighted by Gasteiger charge is 2.11. The van der Waals surface area contributed by atoms with Gasteiger partial charge in [0.15, 0.2) is 0 Å². The van der Waals surface area contributed by atoms with E-state index in [1.54, 1.807) is 16.9 Å². The van der Waals surface area contributed by atoms with Gasteiger partial charge >= 0.3 is 0 Å². The summed E-state index contributed by atoms with van der Waals surface area (Å²) in [6, 6.07) is 4.68. The molecule has 0 bridgehead atoms. The summed E-state index contributed by atoms with van der Waals surface area (Å²) in [5, 5.41) is 14.6. The van der Waals surface area contributed by atoms with Gasteiger partial charge in [-0.05, 0) is 27.6 Å². The van der Waals surface area contributed by atoms with Crippen LogP contribution in [0.1, 0.15) is 0 Å². The average Bonchev–Trinajstić information content (AvgIpc) is 2.64. The maximum Gasteiger partial charge on any atom is 0.270 e. The molecule has 5 nitrogen and oxygen atoms in total. The Labute approximate surface area is 100.0 Å². The molecule has 82 valence electrons. The van der Waals surface area contributed by atoms with E-state index in [9.17, 15) is 10.1 Å². The first-order valence-corrected chi connectivity index (χ1v) is 5.30. The minimum atomic E-state index is -0.419. The van der Waals surface area contributed by atoms with Crippen molar-refractivity contribution >= 4 is 21.6 Å². The number of aromatic nitrogens is 2. The fraction of sp³-hybridized carbons (Fsp3) is 0.100. The molecule has 0 spiro atoms. The van der Waals surface area contributed by atoms with Crippen molar-refractivity contribution in [3.8, 4) is 11.1 Å². The molecule has 1 heterocycles. The SMILES string of the molecule is Cn1cc(-c2ccc([N+](=O)[O-])cc2Br)cn1. The summed E-state index contributed by atoms with van der Waals surface area (Å²) >= 11 is 3.32. The van der Waals surface area contributed by atoms with E-state index in [1.165, 1.54) is 12.1 Å². The Balaban J connectivity index is 2.47. The molecule has 0 aliphatic heterocycles. The second-order valence-corrected chi connectivity index (χ2v) is 4.18. The Morgan fingerprint density at radius 1 is 1.50 bits per heavy atom. The number of nitro groups is 1. The smallest absolute Gasteiger partial charge is 0.270 e. The number of benzene rings is 1. The molecule has 0 atom stereocenters. The van der Waals surface area contributed by atoms with Gasteiger partial charge in [-0.1, -0.05) is 0 Å². The normalized spacial score (nSPS) is 10.4. The zero-order chi connectivity index (χ0) is 11.7. The van der Waals surface area contributed by atoms with Crippen LogP contribution in [0.4, 0.5) is 5.69 Å². The summed E-state index contributed by atoms with van der Waals surface area (Å²) in [5.74, 6) is 0. The number of nitro benzene ring substituents is 1. The lowest BCUT2D eigenvalue weighted by atomic mass is 10.1. The topological polar surface area (TPSA) is 61.0 Å². The van der Waals surface area contributed by atoms with Crippen molar-refractivity contribution in [2.45, 2.75) is 0 Å². The van der Waals surface area contributed by atoms with Crippen molar-refractivity contribution in [2.24, 2.45) is 7.05 Å². The van der Waals surface area contributed by atoms with Gasteiger partial charge in [0.25, 0.3) is 5.69 Å². The van der Waals surface area contributed by atoms with Crippen LogP contribution < -0.4 is 0 Å². The molecular weight excluding hydrogens is 274 g/mol. The average molecular weight is 282 g/mol. The molecular formula is C10H8BrN3O2. The minimum Gasteiger partial charge on any atom is -0.275 e. The number of hydrogen-bond donors (Lipinski definition) is 0. The first-order chi connectivity index (χ1) is 7.58.